The third-order valence-electron chi connectivity index (χ3n) is 5.30. The molecule has 4 rings (SSSR count). The molecule has 9 heteroatoms. The Morgan fingerprint density at radius 3 is 2.64 bits per heavy atom. The van der Waals surface area contributed by atoms with Crippen molar-refractivity contribution >= 4 is 38.5 Å². The van der Waals surface area contributed by atoms with Crippen LogP contribution in [0.2, 0.25) is 5.02 Å². The van der Waals surface area contributed by atoms with E-state index in [0.29, 0.717) is 33.5 Å². The van der Waals surface area contributed by atoms with E-state index in [1.807, 2.05) is 6.07 Å². The van der Waals surface area contributed by atoms with Crippen molar-refractivity contribution in [2.75, 3.05) is 5.73 Å². The summed E-state index contributed by atoms with van der Waals surface area (Å²) in [6.07, 6.45) is 3.81. The van der Waals surface area contributed by atoms with Gasteiger partial charge in [0.1, 0.15) is 5.52 Å². The first kappa shape index (κ1) is 19.2. The number of aromatic amines is 1. The van der Waals surface area contributed by atoms with E-state index in [9.17, 15) is 8.42 Å². The summed E-state index contributed by atoms with van der Waals surface area (Å²) in [6.45, 7) is 2.20. The van der Waals surface area contributed by atoms with Gasteiger partial charge in [-0.05, 0) is 61.9 Å². The second-order valence-electron chi connectivity index (χ2n) is 7.42. The van der Waals surface area contributed by atoms with Crippen LogP contribution in [0.15, 0.2) is 35.2 Å². The average Bonchev–Trinajstić information content (AvgIpc) is 3.04. The number of aromatic nitrogens is 3. The summed E-state index contributed by atoms with van der Waals surface area (Å²) in [5, 5.41) is 7.04. The summed E-state index contributed by atoms with van der Waals surface area (Å²) in [5.41, 5.74) is 8.33. The van der Waals surface area contributed by atoms with Crippen molar-refractivity contribution in [1.82, 2.24) is 19.9 Å². The molecule has 0 unspecified atom stereocenters. The fourth-order valence-corrected chi connectivity index (χ4v) is 5.28. The van der Waals surface area contributed by atoms with E-state index < -0.39 is 10.0 Å². The highest BCUT2D eigenvalue weighted by Gasteiger charge is 2.24. The normalized spacial score (nSPS) is 20.5. The van der Waals surface area contributed by atoms with Crippen LogP contribution >= 0.6 is 11.6 Å². The Labute approximate surface area is 168 Å². The molecule has 0 saturated heterocycles. The summed E-state index contributed by atoms with van der Waals surface area (Å²) in [6, 6.07) is 8.27. The topological polar surface area (TPSA) is 114 Å². The van der Waals surface area contributed by atoms with Gasteiger partial charge in [0.2, 0.25) is 10.0 Å². The number of fused-ring (bicyclic) bond motifs is 1. The summed E-state index contributed by atoms with van der Waals surface area (Å²) in [5.74, 6) is 0.960. The molecule has 0 bridgehead atoms. The van der Waals surface area contributed by atoms with Crippen LogP contribution in [0.25, 0.3) is 22.3 Å². The van der Waals surface area contributed by atoms with Crippen LogP contribution in [-0.2, 0) is 10.0 Å². The number of rotatable bonds is 4. The molecule has 4 N–H and O–H groups in total. The van der Waals surface area contributed by atoms with Gasteiger partial charge in [0, 0.05) is 11.6 Å². The molecule has 0 aliphatic heterocycles. The first-order valence-corrected chi connectivity index (χ1v) is 11.1. The number of anilines is 1. The number of nitrogen functional groups attached to an aromatic ring is 1. The lowest BCUT2D eigenvalue weighted by atomic mass is 9.88. The van der Waals surface area contributed by atoms with E-state index in [-0.39, 0.29) is 10.9 Å². The van der Waals surface area contributed by atoms with E-state index >= 15 is 0 Å². The largest absolute Gasteiger partial charge is 0.380 e. The fourth-order valence-electron chi connectivity index (χ4n) is 3.60. The highest BCUT2D eigenvalue weighted by Crippen LogP contribution is 2.31. The molecule has 2 heterocycles. The number of H-pyrrole nitrogens is 1. The van der Waals surface area contributed by atoms with Crippen LogP contribution < -0.4 is 10.5 Å². The molecule has 1 fully saturated rings. The lowest BCUT2D eigenvalue weighted by Gasteiger charge is -2.26. The zero-order valence-electron chi connectivity index (χ0n) is 15.4. The summed E-state index contributed by atoms with van der Waals surface area (Å²) >= 11 is 6.41. The van der Waals surface area contributed by atoms with Crippen molar-refractivity contribution in [1.29, 1.82) is 0 Å². The number of hydrogen-bond acceptors (Lipinski definition) is 5. The van der Waals surface area contributed by atoms with E-state index in [4.69, 9.17) is 17.3 Å². The molecular formula is C19H22ClN5O2S. The molecule has 7 nitrogen and oxygen atoms in total. The molecule has 3 aromatic rings. The number of nitrogens with one attached hydrogen (secondary N) is 2. The molecule has 1 saturated carbocycles. The van der Waals surface area contributed by atoms with Crippen molar-refractivity contribution in [3.8, 4) is 11.3 Å². The van der Waals surface area contributed by atoms with Crippen molar-refractivity contribution in [2.45, 2.75) is 43.5 Å². The summed E-state index contributed by atoms with van der Waals surface area (Å²) < 4.78 is 28.3. The Balaban J connectivity index is 1.60. The van der Waals surface area contributed by atoms with Gasteiger partial charge in [-0.2, -0.15) is 5.10 Å². The highest BCUT2D eigenvalue weighted by atomic mass is 35.5. The molecule has 1 aliphatic rings. The third-order valence-corrected chi connectivity index (χ3v) is 7.13. The standard InChI is InChI=1S/C19H22ClN5O2S/c1-11-2-4-12(5-3-11)25-28(26,27)13-6-7-14(15(20)10-13)16-8-9-17-18(22-16)19(21)24-23-17/h6-12,25H,2-5H2,1H3,(H3,21,23,24). The van der Waals surface area contributed by atoms with Crippen molar-refractivity contribution in [3.63, 3.8) is 0 Å². The quantitative estimate of drug-likeness (QED) is 0.596. The van der Waals surface area contributed by atoms with Gasteiger partial charge in [-0.25, -0.2) is 18.1 Å². The summed E-state index contributed by atoms with van der Waals surface area (Å²) in [7, 11) is -3.62. The maximum absolute atomic E-state index is 12.8. The van der Waals surface area contributed by atoms with Gasteiger partial charge < -0.3 is 5.73 Å². The first-order valence-electron chi connectivity index (χ1n) is 9.26. The molecule has 0 radical (unpaired) electrons. The maximum Gasteiger partial charge on any atom is 0.240 e. The van der Waals surface area contributed by atoms with Crippen LogP contribution in [0, 0.1) is 5.92 Å². The van der Waals surface area contributed by atoms with Gasteiger partial charge in [0.15, 0.2) is 5.82 Å². The van der Waals surface area contributed by atoms with Crippen molar-refractivity contribution in [2.24, 2.45) is 5.92 Å². The average molecular weight is 420 g/mol. The number of benzene rings is 1. The smallest absolute Gasteiger partial charge is 0.240 e. The second kappa shape index (κ2) is 7.35. The van der Waals surface area contributed by atoms with Crippen LogP contribution in [0.3, 0.4) is 0 Å². The molecular weight excluding hydrogens is 398 g/mol. The molecule has 28 heavy (non-hydrogen) atoms. The fraction of sp³-hybridized carbons (Fsp3) is 0.368. The van der Waals surface area contributed by atoms with Gasteiger partial charge in [0.25, 0.3) is 0 Å². The van der Waals surface area contributed by atoms with Gasteiger partial charge in [-0.3, -0.25) is 5.10 Å². The van der Waals surface area contributed by atoms with Gasteiger partial charge in [0.05, 0.1) is 21.1 Å². The number of nitrogens with zero attached hydrogens (tertiary/aromatic N) is 2. The van der Waals surface area contributed by atoms with Gasteiger partial charge in [-0.15, -0.1) is 0 Å². The number of halogens is 1. The molecule has 1 aliphatic carbocycles. The molecule has 0 amide bonds. The Morgan fingerprint density at radius 2 is 1.93 bits per heavy atom. The highest BCUT2D eigenvalue weighted by molar-refractivity contribution is 7.89. The third kappa shape index (κ3) is 3.72. The maximum atomic E-state index is 12.8. The lowest BCUT2D eigenvalue weighted by molar-refractivity contribution is 0.332. The van der Waals surface area contributed by atoms with Crippen LogP contribution in [-0.4, -0.2) is 29.6 Å². The van der Waals surface area contributed by atoms with Crippen LogP contribution in [0.5, 0.6) is 0 Å². The van der Waals surface area contributed by atoms with Crippen molar-refractivity contribution < 1.29 is 8.42 Å². The van der Waals surface area contributed by atoms with E-state index in [0.717, 1.165) is 31.2 Å². The Hall–Kier alpha value is -2.16. The Kier molecular flexibility index (Phi) is 5.03. The van der Waals surface area contributed by atoms with Gasteiger partial charge >= 0.3 is 0 Å². The number of nitrogens with two attached hydrogens (primary N) is 1. The second-order valence-corrected chi connectivity index (χ2v) is 9.54. The molecule has 2 aromatic heterocycles. The Bertz CT molecular complexity index is 1120. The first-order chi connectivity index (χ1) is 13.3. The van der Waals surface area contributed by atoms with Crippen molar-refractivity contribution in [3.05, 3.63) is 35.4 Å². The SMILES string of the molecule is CC1CCC(NS(=O)(=O)c2ccc(-c3ccc4[nH]nc(N)c4n3)c(Cl)c2)CC1. The molecule has 0 atom stereocenters. The lowest BCUT2D eigenvalue weighted by Crippen LogP contribution is -2.37. The van der Waals surface area contributed by atoms with Gasteiger partial charge in [-0.1, -0.05) is 18.5 Å². The zero-order valence-corrected chi connectivity index (χ0v) is 17.0. The Morgan fingerprint density at radius 1 is 1.18 bits per heavy atom. The molecule has 0 spiro atoms. The number of pyridine rings is 1. The zero-order chi connectivity index (χ0) is 19.9. The van der Waals surface area contributed by atoms with E-state index in [2.05, 4.69) is 26.8 Å². The predicted octanol–water partition coefficient (Wildman–Crippen LogP) is 3.72. The molecule has 148 valence electrons. The predicted molar refractivity (Wildman–Crippen MR) is 110 cm³/mol. The van der Waals surface area contributed by atoms with Crippen LogP contribution in [0.4, 0.5) is 5.82 Å². The molecule has 1 aromatic carbocycles. The minimum atomic E-state index is -3.62. The van der Waals surface area contributed by atoms with Crippen LogP contribution in [0.1, 0.15) is 32.6 Å². The number of sulfonamides is 1. The summed E-state index contributed by atoms with van der Waals surface area (Å²) in [4.78, 5) is 4.65. The minimum absolute atomic E-state index is 0.0206. The van der Waals surface area contributed by atoms with E-state index in [1.54, 1.807) is 18.2 Å². The number of hydrogen-bond donors (Lipinski definition) is 3. The van der Waals surface area contributed by atoms with E-state index in [1.165, 1.54) is 6.07 Å². The minimum Gasteiger partial charge on any atom is -0.380 e. The monoisotopic (exact) mass is 419 g/mol.